The van der Waals surface area contributed by atoms with E-state index in [0.717, 1.165) is 4.90 Å². The van der Waals surface area contributed by atoms with Crippen LogP contribution >= 0.6 is 23.2 Å². The van der Waals surface area contributed by atoms with E-state index in [9.17, 15) is 18.0 Å². The van der Waals surface area contributed by atoms with Crippen molar-refractivity contribution in [3.05, 3.63) is 119 Å². The van der Waals surface area contributed by atoms with Crippen molar-refractivity contribution in [2.75, 3.05) is 9.96 Å². The fourth-order valence-electron chi connectivity index (χ4n) is 4.96. The van der Waals surface area contributed by atoms with Gasteiger partial charge in [-0.3, -0.25) is 14.4 Å². The number of imide groups is 1. The van der Waals surface area contributed by atoms with Gasteiger partial charge >= 0.3 is 10.1 Å². The zero-order valence-electron chi connectivity index (χ0n) is 20.6. The first kappa shape index (κ1) is 26.3. The first-order chi connectivity index (χ1) is 19.3. The summed E-state index contributed by atoms with van der Waals surface area (Å²) in [6.07, 6.45) is -1.18. The Balaban J connectivity index is 1.45. The smallest absolute Gasteiger partial charge is 0.339 e. The zero-order chi connectivity index (χ0) is 28.0. The Labute approximate surface area is 240 Å². The van der Waals surface area contributed by atoms with Crippen LogP contribution in [0.15, 0.2) is 108 Å². The second kappa shape index (κ2) is 10.3. The summed E-state index contributed by atoms with van der Waals surface area (Å²) < 4.78 is 31.9. The van der Waals surface area contributed by atoms with Crippen molar-refractivity contribution in [3.63, 3.8) is 0 Å². The average Bonchev–Trinajstić information content (AvgIpc) is 3.47. The summed E-state index contributed by atoms with van der Waals surface area (Å²) in [4.78, 5) is 34.7. The van der Waals surface area contributed by atoms with Crippen molar-refractivity contribution in [3.8, 4) is 5.75 Å². The quantitative estimate of drug-likeness (QED) is 0.205. The standard InChI is InChI=1S/C29H20Cl2N2O6S/c30-22-16-15-19(17-23(22)31)32-28(34)25-26(33(38-27(25)29(32)35)18-9-3-1-4-10-18)21-13-7-8-14-24(21)39-40(36,37)20-11-5-2-6-12-20/h1-17,25-27H. The van der Waals surface area contributed by atoms with Gasteiger partial charge in [0.05, 0.1) is 27.5 Å². The van der Waals surface area contributed by atoms with Crippen LogP contribution in [0.2, 0.25) is 10.0 Å². The molecule has 3 atom stereocenters. The summed E-state index contributed by atoms with van der Waals surface area (Å²) >= 11 is 12.2. The molecule has 2 fully saturated rings. The topological polar surface area (TPSA) is 93.2 Å². The van der Waals surface area contributed by atoms with Crippen LogP contribution in [0.5, 0.6) is 5.75 Å². The zero-order valence-corrected chi connectivity index (χ0v) is 22.9. The molecule has 0 N–H and O–H groups in total. The van der Waals surface area contributed by atoms with Crippen LogP contribution in [0.4, 0.5) is 11.4 Å². The fraction of sp³-hybridized carbons (Fsp3) is 0.103. The van der Waals surface area contributed by atoms with Gasteiger partial charge in [0.2, 0.25) is 5.91 Å². The van der Waals surface area contributed by atoms with E-state index in [4.69, 9.17) is 32.2 Å². The summed E-state index contributed by atoms with van der Waals surface area (Å²) in [5.41, 5.74) is 1.18. The van der Waals surface area contributed by atoms with E-state index in [1.54, 1.807) is 60.7 Å². The third-order valence-corrected chi connectivity index (χ3v) is 8.74. The molecule has 40 heavy (non-hydrogen) atoms. The molecule has 2 heterocycles. The lowest BCUT2D eigenvalue weighted by Gasteiger charge is -2.29. The number of para-hydroxylation sites is 2. The Kier molecular flexibility index (Phi) is 6.75. The molecule has 2 saturated heterocycles. The van der Waals surface area contributed by atoms with Crippen LogP contribution in [0, 0.1) is 5.92 Å². The molecular weight excluding hydrogens is 575 g/mol. The van der Waals surface area contributed by atoms with Crippen molar-refractivity contribution in [1.29, 1.82) is 0 Å². The molecule has 4 aromatic rings. The van der Waals surface area contributed by atoms with E-state index >= 15 is 0 Å². The van der Waals surface area contributed by atoms with Gasteiger partial charge in [-0.1, -0.05) is 77.8 Å². The van der Waals surface area contributed by atoms with E-state index in [1.165, 1.54) is 41.5 Å². The Hall–Kier alpha value is -3.89. The molecule has 0 saturated carbocycles. The number of halogens is 2. The van der Waals surface area contributed by atoms with Crippen molar-refractivity contribution in [2.45, 2.75) is 17.0 Å². The largest absolute Gasteiger partial charge is 0.379 e. The van der Waals surface area contributed by atoms with Crippen LogP contribution < -0.4 is 14.1 Å². The maximum atomic E-state index is 13.9. The van der Waals surface area contributed by atoms with Crippen LogP contribution in [0.1, 0.15) is 11.6 Å². The maximum Gasteiger partial charge on any atom is 0.339 e. The monoisotopic (exact) mass is 594 g/mol. The number of fused-ring (bicyclic) bond motifs is 1. The molecule has 8 nitrogen and oxygen atoms in total. The molecular formula is C29H20Cl2N2O6S. The normalized spacial score (nSPS) is 20.6. The minimum absolute atomic E-state index is 0.00905. The van der Waals surface area contributed by atoms with Crippen LogP contribution in [0.3, 0.4) is 0 Å². The maximum absolute atomic E-state index is 13.9. The third-order valence-electron chi connectivity index (χ3n) is 6.76. The number of carbonyl (C=O) groups is 2. The molecule has 6 rings (SSSR count). The first-order valence-corrected chi connectivity index (χ1v) is 14.3. The molecule has 0 aromatic heterocycles. The Morgan fingerprint density at radius 3 is 2.08 bits per heavy atom. The van der Waals surface area contributed by atoms with Gasteiger partial charge in [-0.25, -0.2) is 9.96 Å². The number of nitrogens with zero attached hydrogens (tertiary/aromatic N) is 2. The molecule has 0 spiro atoms. The summed E-state index contributed by atoms with van der Waals surface area (Å²) in [5.74, 6) is -2.12. The highest BCUT2D eigenvalue weighted by molar-refractivity contribution is 7.87. The highest BCUT2D eigenvalue weighted by Crippen LogP contribution is 2.50. The Bertz CT molecular complexity index is 1720. The Morgan fingerprint density at radius 1 is 0.725 bits per heavy atom. The summed E-state index contributed by atoms with van der Waals surface area (Å²) in [6, 6.07) is 26.7. The SMILES string of the molecule is O=C1C2ON(c3ccccc3)C(c3ccccc3OS(=O)(=O)c3ccccc3)C2C(=O)N1c1ccc(Cl)c(Cl)c1. The van der Waals surface area contributed by atoms with Crippen LogP contribution in [-0.2, 0) is 24.5 Å². The molecule has 4 aromatic carbocycles. The average molecular weight is 595 g/mol. The lowest BCUT2D eigenvalue weighted by molar-refractivity contribution is -0.126. The van der Waals surface area contributed by atoms with Gasteiger partial charge in [0, 0.05) is 5.56 Å². The van der Waals surface area contributed by atoms with Crippen LogP contribution in [-0.4, -0.2) is 26.3 Å². The van der Waals surface area contributed by atoms with E-state index in [0.29, 0.717) is 11.3 Å². The highest BCUT2D eigenvalue weighted by atomic mass is 35.5. The lowest BCUT2D eigenvalue weighted by Crippen LogP contribution is -2.37. The number of anilines is 2. The van der Waals surface area contributed by atoms with E-state index in [-0.39, 0.29) is 26.4 Å². The van der Waals surface area contributed by atoms with Crippen molar-refractivity contribution < 1.29 is 27.0 Å². The van der Waals surface area contributed by atoms with E-state index in [1.807, 2.05) is 6.07 Å². The fourth-order valence-corrected chi connectivity index (χ4v) is 6.23. The molecule has 11 heteroatoms. The molecule has 202 valence electrons. The van der Waals surface area contributed by atoms with Gasteiger partial charge in [0.15, 0.2) is 6.10 Å². The van der Waals surface area contributed by atoms with Gasteiger partial charge in [-0.15, -0.1) is 0 Å². The molecule has 2 aliphatic rings. The van der Waals surface area contributed by atoms with Gasteiger partial charge in [0.25, 0.3) is 5.91 Å². The molecule has 2 aliphatic heterocycles. The second-order valence-electron chi connectivity index (χ2n) is 9.16. The number of rotatable bonds is 6. The second-order valence-corrected chi connectivity index (χ2v) is 11.5. The minimum Gasteiger partial charge on any atom is -0.379 e. The lowest BCUT2D eigenvalue weighted by atomic mass is 9.90. The summed E-state index contributed by atoms with van der Waals surface area (Å²) in [7, 11) is -4.21. The summed E-state index contributed by atoms with van der Waals surface area (Å²) in [5, 5.41) is 1.93. The van der Waals surface area contributed by atoms with Gasteiger partial charge in [-0.2, -0.15) is 8.42 Å². The van der Waals surface area contributed by atoms with Gasteiger partial charge in [0.1, 0.15) is 16.6 Å². The number of carbonyl (C=O) groups excluding carboxylic acids is 2. The number of hydrogen-bond acceptors (Lipinski definition) is 7. The summed E-state index contributed by atoms with van der Waals surface area (Å²) in [6.45, 7) is 0. The predicted molar refractivity (Wildman–Crippen MR) is 150 cm³/mol. The number of amides is 2. The minimum atomic E-state index is -4.21. The molecule has 0 radical (unpaired) electrons. The third kappa shape index (κ3) is 4.50. The van der Waals surface area contributed by atoms with Crippen molar-refractivity contribution in [1.82, 2.24) is 0 Å². The molecule has 0 bridgehead atoms. The molecule has 3 unspecified atom stereocenters. The number of hydroxylamine groups is 1. The van der Waals surface area contributed by atoms with Crippen molar-refractivity contribution >= 4 is 56.5 Å². The van der Waals surface area contributed by atoms with E-state index in [2.05, 4.69) is 0 Å². The van der Waals surface area contributed by atoms with Crippen LogP contribution in [0.25, 0.3) is 0 Å². The van der Waals surface area contributed by atoms with E-state index < -0.39 is 40.0 Å². The number of benzene rings is 4. The Morgan fingerprint density at radius 2 is 1.38 bits per heavy atom. The number of hydrogen-bond donors (Lipinski definition) is 0. The van der Waals surface area contributed by atoms with Crippen molar-refractivity contribution in [2.24, 2.45) is 5.92 Å². The van der Waals surface area contributed by atoms with Gasteiger partial charge in [-0.05, 0) is 48.5 Å². The molecule has 0 aliphatic carbocycles. The first-order valence-electron chi connectivity index (χ1n) is 12.2. The highest BCUT2D eigenvalue weighted by Gasteiger charge is 2.61. The molecule has 2 amide bonds. The van der Waals surface area contributed by atoms with Gasteiger partial charge < -0.3 is 4.18 Å². The predicted octanol–water partition coefficient (Wildman–Crippen LogP) is 5.81.